The van der Waals surface area contributed by atoms with Crippen molar-refractivity contribution in [3.05, 3.63) is 45.4 Å². The summed E-state index contributed by atoms with van der Waals surface area (Å²) in [6, 6.07) is 8.61. The Morgan fingerprint density at radius 1 is 1.29 bits per heavy atom. The second-order valence-electron chi connectivity index (χ2n) is 5.02. The second kappa shape index (κ2) is 7.78. The zero-order valence-electron chi connectivity index (χ0n) is 12.8. The van der Waals surface area contributed by atoms with Crippen LogP contribution in [0.15, 0.2) is 30.5 Å². The SMILES string of the molecule is CCNC(CC)c1ccc(N(C)Cc2ccc(Cl)s2)cn1. The van der Waals surface area contributed by atoms with Crippen molar-refractivity contribution < 1.29 is 0 Å². The van der Waals surface area contributed by atoms with Gasteiger partial charge < -0.3 is 10.2 Å². The summed E-state index contributed by atoms with van der Waals surface area (Å²) in [5.74, 6) is 0. The van der Waals surface area contributed by atoms with Gasteiger partial charge in [-0.15, -0.1) is 11.3 Å². The highest BCUT2D eigenvalue weighted by Gasteiger charge is 2.10. The van der Waals surface area contributed by atoms with Crippen LogP contribution in [0, 0.1) is 0 Å². The Bertz CT molecular complexity index is 553. The average molecular weight is 324 g/mol. The first-order valence-electron chi connectivity index (χ1n) is 7.28. The largest absolute Gasteiger partial charge is 0.368 e. The molecule has 0 bridgehead atoms. The van der Waals surface area contributed by atoms with Crippen molar-refractivity contribution in [2.75, 3.05) is 18.5 Å². The Balaban J connectivity index is 2.03. The van der Waals surface area contributed by atoms with Gasteiger partial charge in [0.1, 0.15) is 0 Å². The van der Waals surface area contributed by atoms with Crippen LogP contribution < -0.4 is 10.2 Å². The maximum absolute atomic E-state index is 5.97. The molecule has 0 spiro atoms. The van der Waals surface area contributed by atoms with Gasteiger partial charge in [-0.1, -0.05) is 25.4 Å². The van der Waals surface area contributed by atoms with Crippen LogP contribution in [0.4, 0.5) is 5.69 Å². The number of hydrogen-bond acceptors (Lipinski definition) is 4. The molecule has 114 valence electrons. The first-order valence-corrected chi connectivity index (χ1v) is 8.48. The van der Waals surface area contributed by atoms with Gasteiger partial charge in [-0.25, -0.2) is 0 Å². The first-order chi connectivity index (χ1) is 10.1. The third-order valence-electron chi connectivity index (χ3n) is 3.45. The van der Waals surface area contributed by atoms with Crippen LogP contribution in [0.1, 0.15) is 36.9 Å². The minimum Gasteiger partial charge on any atom is -0.368 e. The Labute approximate surface area is 136 Å². The van der Waals surface area contributed by atoms with E-state index in [0.717, 1.165) is 35.2 Å². The highest BCUT2D eigenvalue weighted by Crippen LogP contribution is 2.24. The van der Waals surface area contributed by atoms with E-state index < -0.39 is 0 Å². The normalized spacial score (nSPS) is 12.4. The molecule has 0 fully saturated rings. The molecule has 3 nitrogen and oxygen atoms in total. The van der Waals surface area contributed by atoms with Crippen LogP contribution >= 0.6 is 22.9 Å². The molecule has 2 rings (SSSR count). The zero-order valence-corrected chi connectivity index (χ0v) is 14.3. The number of nitrogens with zero attached hydrogens (tertiary/aromatic N) is 2. The van der Waals surface area contributed by atoms with E-state index in [2.05, 4.69) is 54.3 Å². The molecule has 0 aliphatic rings. The van der Waals surface area contributed by atoms with Crippen molar-refractivity contribution in [3.8, 4) is 0 Å². The maximum Gasteiger partial charge on any atom is 0.0931 e. The summed E-state index contributed by atoms with van der Waals surface area (Å²) < 4.78 is 0.836. The molecule has 2 heterocycles. The van der Waals surface area contributed by atoms with E-state index in [4.69, 9.17) is 11.6 Å². The van der Waals surface area contributed by atoms with Crippen molar-refractivity contribution in [2.45, 2.75) is 32.9 Å². The fraction of sp³-hybridized carbons (Fsp3) is 0.438. The molecule has 0 amide bonds. The molecule has 1 N–H and O–H groups in total. The highest BCUT2D eigenvalue weighted by atomic mass is 35.5. The zero-order chi connectivity index (χ0) is 15.2. The molecule has 0 saturated heterocycles. The summed E-state index contributed by atoms with van der Waals surface area (Å²) in [5, 5.41) is 3.45. The first kappa shape index (κ1) is 16.3. The molecular formula is C16H22ClN3S. The van der Waals surface area contributed by atoms with E-state index in [1.54, 1.807) is 11.3 Å². The number of anilines is 1. The van der Waals surface area contributed by atoms with Crippen LogP contribution in [-0.2, 0) is 6.54 Å². The molecule has 1 unspecified atom stereocenters. The van der Waals surface area contributed by atoms with E-state index in [0.29, 0.717) is 6.04 Å². The quantitative estimate of drug-likeness (QED) is 0.813. The standard InChI is InChI=1S/C16H22ClN3S/c1-4-14(18-5-2)15-8-6-12(10-19-15)20(3)11-13-7-9-16(17)21-13/h6-10,14,18H,4-5,11H2,1-3H3. The third kappa shape index (κ3) is 4.43. The lowest BCUT2D eigenvalue weighted by Gasteiger charge is -2.20. The highest BCUT2D eigenvalue weighted by molar-refractivity contribution is 7.16. The Morgan fingerprint density at radius 3 is 2.62 bits per heavy atom. The summed E-state index contributed by atoms with van der Waals surface area (Å²) in [7, 11) is 2.08. The van der Waals surface area contributed by atoms with Gasteiger partial charge in [-0.3, -0.25) is 4.98 Å². The summed E-state index contributed by atoms with van der Waals surface area (Å²) in [4.78, 5) is 8.05. The van der Waals surface area contributed by atoms with Crippen LogP contribution in [0.3, 0.4) is 0 Å². The minimum atomic E-state index is 0.338. The minimum absolute atomic E-state index is 0.338. The van der Waals surface area contributed by atoms with E-state index >= 15 is 0 Å². The van der Waals surface area contributed by atoms with Gasteiger partial charge in [-0.2, -0.15) is 0 Å². The van der Waals surface area contributed by atoms with Crippen LogP contribution in [0.5, 0.6) is 0 Å². The lowest BCUT2D eigenvalue weighted by Crippen LogP contribution is -2.21. The van der Waals surface area contributed by atoms with Gasteiger partial charge in [-0.05, 0) is 37.2 Å². The number of thiophene rings is 1. The number of hydrogen-bond donors (Lipinski definition) is 1. The Hall–Kier alpha value is -1.10. The van der Waals surface area contributed by atoms with Gasteiger partial charge in [0, 0.05) is 18.0 Å². The third-order valence-corrected chi connectivity index (χ3v) is 4.67. The Morgan fingerprint density at radius 2 is 2.10 bits per heavy atom. The van der Waals surface area contributed by atoms with Gasteiger partial charge in [0.2, 0.25) is 0 Å². The van der Waals surface area contributed by atoms with E-state index in [-0.39, 0.29) is 0 Å². The molecule has 0 radical (unpaired) electrons. The topological polar surface area (TPSA) is 28.2 Å². The molecular weight excluding hydrogens is 302 g/mol. The van der Waals surface area contributed by atoms with Crippen LogP contribution in [0.2, 0.25) is 4.34 Å². The molecule has 0 saturated carbocycles. The molecule has 2 aromatic heterocycles. The number of halogens is 1. The Kier molecular flexibility index (Phi) is 6.03. The smallest absolute Gasteiger partial charge is 0.0931 e. The van der Waals surface area contributed by atoms with Gasteiger partial charge in [0.15, 0.2) is 0 Å². The summed E-state index contributed by atoms with van der Waals surface area (Å²) in [5.41, 5.74) is 2.23. The van der Waals surface area contributed by atoms with E-state index in [9.17, 15) is 0 Å². The predicted octanol–water partition coefficient (Wildman–Crippen LogP) is 4.49. The molecule has 0 aromatic carbocycles. The van der Waals surface area contributed by atoms with E-state index in [1.807, 2.05) is 12.3 Å². The lowest BCUT2D eigenvalue weighted by atomic mass is 10.1. The van der Waals surface area contributed by atoms with Gasteiger partial charge >= 0.3 is 0 Å². The fourth-order valence-electron chi connectivity index (χ4n) is 2.30. The maximum atomic E-state index is 5.97. The van der Waals surface area contributed by atoms with Gasteiger partial charge in [0.05, 0.1) is 28.5 Å². The van der Waals surface area contributed by atoms with Crippen LogP contribution in [0.25, 0.3) is 0 Å². The molecule has 1 atom stereocenters. The molecule has 0 aliphatic carbocycles. The predicted molar refractivity (Wildman–Crippen MR) is 92.4 cm³/mol. The van der Waals surface area contributed by atoms with E-state index in [1.165, 1.54) is 4.88 Å². The number of nitrogens with one attached hydrogen (secondary N) is 1. The van der Waals surface area contributed by atoms with Crippen molar-refractivity contribution >= 4 is 28.6 Å². The fourth-order valence-corrected chi connectivity index (χ4v) is 3.44. The lowest BCUT2D eigenvalue weighted by molar-refractivity contribution is 0.525. The summed E-state index contributed by atoms with van der Waals surface area (Å²) in [6.07, 6.45) is 2.99. The number of pyridine rings is 1. The van der Waals surface area contributed by atoms with Gasteiger partial charge in [0.25, 0.3) is 0 Å². The molecule has 5 heteroatoms. The van der Waals surface area contributed by atoms with Crippen molar-refractivity contribution in [2.24, 2.45) is 0 Å². The number of rotatable bonds is 7. The second-order valence-corrected chi connectivity index (χ2v) is 6.82. The summed E-state index contributed by atoms with van der Waals surface area (Å²) >= 11 is 7.59. The number of aromatic nitrogens is 1. The van der Waals surface area contributed by atoms with Crippen molar-refractivity contribution in [1.82, 2.24) is 10.3 Å². The monoisotopic (exact) mass is 323 g/mol. The van der Waals surface area contributed by atoms with Crippen LogP contribution in [-0.4, -0.2) is 18.6 Å². The van der Waals surface area contributed by atoms with Crippen molar-refractivity contribution in [3.63, 3.8) is 0 Å². The molecule has 21 heavy (non-hydrogen) atoms. The molecule has 2 aromatic rings. The molecule has 0 aliphatic heterocycles. The van der Waals surface area contributed by atoms with Crippen molar-refractivity contribution in [1.29, 1.82) is 0 Å². The average Bonchev–Trinajstić information content (AvgIpc) is 2.90. The summed E-state index contributed by atoms with van der Waals surface area (Å²) in [6.45, 7) is 6.11.